The van der Waals surface area contributed by atoms with Gasteiger partial charge >= 0.3 is 0 Å². The van der Waals surface area contributed by atoms with Gasteiger partial charge in [-0.25, -0.2) is 24.5 Å². The van der Waals surface area contributed by atoms with Gasteiger partial charge in [-0.05, 0) is 0 Å². The molecule has 7 heteroatoms. The van der Waals surface area contributed by atoms with Crippen LogP contribution in [-0.4, -0.2) is 26.7 Å². The van der Waals surface area contributed by atoms with Crippen molar-refractivity contribution in [2.24, 2.45) is 0 Å². The molecule has 13 heavy (non-hydrogen) atoms. The van der Waals surface area contributed by atoms with E-state index in [2.05, 4.69) is 30.4 Å². The first-order chi connectivity index (χ1) is 6.40. The van der Waals surface area contributed by atoms with Gasteiger partial charge in [0.1, 0.15) is 18.3 Å². The molecule has 0 saturated heterocycles. The second-order valence-electron chi connectivity index (χ2n) is 2.20. The molecular formula is C6H7N5O2. The Morgan fingerprint density at radius 2 is 2.31 bits per heavy atom. The van der Waals surface area contributed by atoms with E-state index in [9.17, 15) is 0 Å². The molecule has 0 aromatic heterocycles. The fourth-order valence-electron chi connectivity index (χ4n) is 0.872. The molecule has 68 valence electrons. The molecule has 0 aliphatic carbocycles. The fourth-order valence-corrected chi connectivity index (χ4v) is 0.872. The van der Waals surface area contributed by atoms with Crippen LogP contribution in [0.25, 0.3) is 11.5 Å². The number of nitrogens with zero attached hydrogens (tertiary/aromatic N) is 4. The molecule has 0 unspecified atom stereocenters. The van der Waals surface area contributed by atoms with Gasteiger partial charge in [0.25, 0.3) is 0 Å². The van der Waals surface area contributed by atoms with Gasteiger partial charge in [0, 0.05) is 0 Å². The van der Waals surface area contributed by atoms with E-state index >= 15 is 0 Å². The molecule has 1 N–H and O–H groups in total. The number of fused-ring (bicyclic) bond motifs is 1. The minimum atomic E-state index is 0.593. The van der Waals surface area contributed by atoms with E-state index in [1.54, 1.807) is 6.20 Å². The molecule has 2 aliphatic heterocycles. The first-order valence-corrected chi connectivity index (χ1v) is 3.50. The Labute approximate surface area is 73.5 Å². The van der Waals surface area contributed by atoms with Crippen molar-refractivity contribution in [3.05, 3.63) is 18.9 Å². The predicted octanol–water partition coefficient (Wildman–Crippen LogP) is -0.186. The van der Waals surface area contributed by atoms with Crippen LogP contribution in [0.2, 0.25) is 0 Å². The van der Waals surface area contributed by atoms with Crippen LogP contribution in [0.3, 0.4) is 0 Å². The normalized spacial score (nSPS) is 10.5. The average Bonchev–Trinajstić information content (AvgIpc) is 2.61. The summed E-state index contributed by atoms with van der Waals surface area (Å²) in [4.78, 5) is 20.7. The Bertz CT molecular complexity index is 362. The van der Waals surface area contributed by atoms with Gasteiger partial charge in [-0.1, -0.05) is 4.99 Å². The summed E-state index contributed by atoms with van der Waals surface area (Å²) < 4.78 is 1.46. The third kappa shape index (κ3) is 1.55. The SMILES string of the molecule is COONn1cnc2ncnc-2c1. The zero-order valence-electron chi connectivity index (χ0n) is 6.84. The molecule has 2 rings (SSSR count). The van der Waals surface area contributed by atoms with E-state index in [-0.39, 0.29) is 0 Å². The Morgan fingerprint density at radius 1 is 1.38 bits per heavy atom. The summed E-state index contributed by atoms with van der Waals surface area (Å²) >= 11 is 0. The highest BCUT2D eigenvalue weighted by molar-refractivity contribution is 5.47. The lowest BCUT2D eigenvalue weighted by Gasteiger charge is -2.06. The Balaban J connectivity index is 2.23. The molecule has 0 radical (unpaired) electrons. The van der Waals surface area contributed by atoms with E-state index in [4.69, 9.17) is 0 Å². The summed E-state index contributed by atoms with van der Waals surface area (Å²) in [6, 6.07) is 0. The Morgan fingerprint density at radius 3 is 3.15 bits per heavy atom. The molecule has 0 amide bonds. The second-order valence-corrected chi connectivity index (χ2v) is 2.20. The number of nitrogens with one attached hydrogen (secondary N) is 1. The largest absolute Gasteiger partial charge is 0.231 e. The maximum atomic E-state index is 4.47. The van der Waals surface area contributed by atoms with Crippen molar-refractivity contribution in [1.82, 2.24) is 19.6 Å². The summed E-state index contributed by atoms with van der Waals surface area (Å²) in [6.07, 6.45) is 4.61. The second kappa shape index (κ2) is 3.33. The van der Waals surface area contributed by atoms with Crippen LogP contribution in [0.15, 0.2) is 18.9 Å². The standard InChI is InChI=1S/C6H7N5O2/c1-12-13-10-11-2-5-6(9-4-11)8-3-7-5/h2-4,10H,1H3. The maximum absolute atomic E-state index is 4.47. The van der Waals surface area contributed by atoms with Gasteiger partial charge < -0.3 is 0 Å². The number of hydrogen-bond donors (Lipinski definition) is 1. The van der Waals surface area contributed by atoms with E-state index < -0.39 is 0 Å². The van der Waals surface area contributed by atoms with Gasteiger partial charge in [-0.15, -0.1) is 0 Å². The third-order valence-corrected chi connectivity index (χ3v) is 1.40. The Hall–Kier alpha value is -1.73. The van der Waals surface area contributed by atoms with Crippen LogP contribution in [0.5, 0.6) is 0 Å². The summed E-state index contributed by atoms with van der Waals surface area (Å²) in [5.74, 6) is 0.593. The molecule has 2 heterocycles. The number of hydrogen-bond acceptors (Lipinski definition) is 6. The monoisotopic (exact) mass is 181 g/mol. The quantitative estimate of drug-likeness (QED) is 0.522. The summed E-state index contributed by atoms with van der Waals surface area (Å²) in [7, 11) is 1.39. The molecule has 0 spiro atoms. The van der Waals surface area contributed by atoms with E-state index in [0.29, 0.717) is 11.5 Å². The third-order valence-electron chi connectivity index (χ3n) is 1.40. The van der Waals surface area contributed by atoms with Crippen molar-refractivity contribution in [1.29, 1.82) is 0 Å². The van der Waals surface area contributed by atoms with Gasteiger partial charge in [0.05, 0.1) is 13.3 Å². The maximum Gasteiger partial charge on any atom is 0.182 e. The van der Waals surface area contributed by atoms with Crippen LogP contribution in [0, 0.1) is 0 Å². The summed E-state index contributed by atoms with van der Waals surface area (Å²) in [6.45, 7) is 0. The summed E-state index contributed by atoms with van der Waals surface area (Å²) in [5.41, 5.74) is 3.12. The first kappa shape index (κ1) is 7.90. The molecule has 7 nitrogen and oxygen atoms in total. The predicted molar refractivity (Wildman–Crippen MR) is 41.9 cm³/mol. The number of aromatic nitrogens is 4. The molecule has 0 bridgehead atoms. The summed E-state index contributed by atoms with van der Waals surface area (Å²) in [5, 5.41) is 0. The zero-order chi connectivity index (χ0) is 9.10. The van der Waals surface area contributed by atoms with E-state index in [1.165, 1.54) is 24.4 Å². The van der Waals surface area contributed by atoms with Gasteiger partial charge in [0.15, 0.2) is 5.82 Å². The van der Waals surface area contributed by atoms with Crippen LogP contribution in [-0.2, 0) is 9.88 Å². The van der Waals surface area contributed by atoms with Crippen LogP contribution >= 0.6 is 0 Å². The highest BCUT2D eigenvalue weighted by atomic mass is 17.3. The van der Waals surface area contributed by atoms with Crippen LogP contribution in [0.1, 0.15) is 0 Å². The topological polar surface area (TPSA) is 74.1 Å². The van der Waals surface area contributed by atoms with Gasteiger partial charge in [-0.3, -0.25) is 0 Å². The van der Waals surface area contributed by atoms with Gasteiger partial charge in [-0.2, -0.15) is 5.59 Å². The fraction of sp³-hybridized carbons (Fsp3) is 0.167. The Kier molecular flexibility index (Phi) is 2.02. The van der Waals surface area contributed by atoms with Crippen molar-refractivity contribution < 1.29 is 9.88 Å². The van der Waals surface area contributed by atoms with Gasteiger partial charge in [0.2, 0.25) is 0 Å². The highest BCUT2D eigenvalue weighted by Crippen LogP contribution is 2.10. The van der Waals surface area contributed by atoms with E-state index in [1.807, 2.05) is 0 Å². The van der Waals surface area contributed by atoms with E-state index in [0.717, 1.165) is 0 Å². The lowest BCUT2D eigenvalue weighted by atomic mass is 10.4. The highest BCUT2D eigenvalue weighted by Gasteiger charge is 2.05. The first-order valence-electron chi connectivity index (χ1n) is 3.50. The number of imidazole rings is 1. The molecular weight excluding hydrogens is 174 g/mol. The van der Waals surface area contributed by atoms with Crippen LogP contribution in [0.4, 0.5) is 0 Å². The van der Waals surface area contributed by atoms with Crippen molar-refractivity contribution in [2.75, 3.05) is 12.7 Å². The minimum absolute atomic E-state index is 0.593. The minimum Gasteiger partial charge on any atom is -0.231 e. The van der Waals surface area contributed by atoms with Crippen molar-refractivity contribution in [3.8, 4) is 11.5 Å². The zero-order valence-corrected chi connectivity index (χ0v) is 6.84. The molecule has 2 aliphatic rings. The van der Waals surface area contributed by atoms with Crippen molar-refractivity contribution >= 4 is 0 Å². The molecule has 0 atom stereocenters. The smallest absolute Gasteiger partial charge is 0.182 e. The van der Waals surface area contributed by atoms with Crippen molar-refractivity contribution in [3.63, 3.8) is 0 Å². The molecule has 0 aromatic carbocycles. The molecule has 0 saturated carbocycles. The molecule has 0 aromatic rings. The lowest BCUT2D eigenvalue weighted by Crippen LogP contribution is -2.15. The molecule has 0 fully saturated rings. The van der Waals surface area contributed by atoms with Crippen LogP contribution < -0.4 is 5.59 Å². The average molecular weight is 181 g/mol. The lowest BCUT2D eigenvalue weighted by molar-refractivity contribution is -0.260. The number of rotatable bonds is 3. The van der Waals surface area contributed by atoms with Crippen molar-refractivity contribution in [2.45, 2.75) is 0 Å².